The van der Waals surface area contributed by atoms with Crippen molar-refractivity contribution >= 4 is 27.5 Å². The molecule has 0 saturated heterocycles. The molecule has 0 saturated carbocycles. The molecule has 2 aromatic heterocycles. The van der Waals surface area contributed by atoms with Gasteiger partial charge in [0.1, 0.15) is 5.75 Å². The number of carbonyl (C=O) groups excluding carboxylic acids is 1. The lowest BCUT2D eigenvalue weighted by Crippen LogP contribution is -2.19. The van der Waals surface area contributed by atoms with E-state index in [1.165, 1.54) is 11.3 Å². The third-order valence-corrected chi connectivity index (χ3v) is 4.94. The van der Waals surface area contributed by atoms with E-state index >= 15 is 0 Å². The molecule has 1 aromatic carbocycles. The van der Waals surface area contributed by atoms with Gasteiger partial charge in [-0.05, 0) is 32.0 Å². The van der Waals surface area contributed by atoms with Crippen molar-refractivity contribution in [2.24, 2.45) is 12.0 Å². The van der Waals surface area contributed by atoms with Gasteiger partial charge in [0.05, 0.1) is 23.4 Å². The van der Waals surface area contributed by atoms with E-state index in [0.29, 0.717) is 30.3 Å². The summed E-state index contributed by atoms with van der Waals surface area (Å²) in [5.41, 5.74) is 2.18. The summed E-state index contributed by atoms with van der Waals surface area (Å²) in [6, 6.07) is 5.89. The van der Waals surface area contributed by atoms with Crippen molar-refractivity contribution in [2.75, 3.05) is 20.3 Å². The molecule has 0 aliphatic heterocycles. The molecule has 0 radical (unpaired) electrons. The first kappa shape index (κ1) is 18.3. The Bertz CT molecular complexity index is 1000. The molecular weight excluding hydrogens is 352 g/mol. The van der Waals surface area contributed by atoms with Crippen molar-refractivity contribution in [1.82, 2.24) is 14.3 Å². The monoisotopic (exact) mass is 374 g/mol. The molecule has 138 valence electrons. The van der Waals surface area contributed by atoms with E-state index < -0.39 is 0 Å². The molecule has 0 N–H and O–H groups in total. The van der Waals surface area contributed by atoms with Crippen LogP contribution in [0.1, 0.15) is 23.0 Å². The van der Waals surface area contributed by atoms with Gasteiger partial charge in [0.15, 0.2) is 10.5 Å². The molecule has 0 fully saturated rings. The zero-order chi connectivity index (χ0) is 18.7. The standard InChI is InChI=1S/C18H22N4O3S/c1-5-25-13-6-7-14-15(10-13)26-18(22(14)8-9-24-4)19-17(23)16-12(2)11-21(3)20-16/h6-7,10-11H,5,8-9H2,1-4H3. The maximum atomic E-state index is 12.6. The van der Waals surface area contributed by atoms with Gasteiger partial charge < -0.3 is 14.0 Å². The van der Waals surface area contributed by atoms with Crippen LogP contribution in [0, 0.1) is 6.92 Å². The van der Waals surface area contributed by atoms with Crippen LogP contribution in [0.4, 0.5) is 0 Å². The van der Waals surface area contributed by atoms with Gasteiger partial charge in [0.25, 0.3) is 5.91 Å². The summed E-state index contributed by atoms with van der Waals surface area (Å²) in [4.78, 5) is 17.6. The highest BCUT2D eigenvalue weighted by molar-refractivity contribution is 7.16. The molecule has 26 heavy (non-hydrogen) atoms. The SMILES string of the molecule is CCOc1ccc2c(c1)sc(=NC(=O)c1nn(C)cc1C)n2CCOC. The predicted octanol–water partition coefficient (Wildman–Crippen LogP) is 2.53. The van der Waals surface area contributed by atoms with Crippen LogP contribution in [0.25, 0.3) is 10.2 Å². The van der Waals surface area contributed by atoms with Crippen molar-refractivity contribution in [2.45, 2.75) is 20.4 Å². The number of ether oxygens (including phenoxy) is 2. The lowest BCUT2D eigenvalue weighted by Gasteiger charge is -2.05. The van der Waals surface area contributed by atoms with E-state index in [9.17, 15) is 4.79 Å². The second-order valence-corrected chi connectivity index (χ2v) is 6.85. The average Bonchev–Trinajstić information content (AvgIpc) is 3.11. The number of hydrogen-bond donors (Lipinski definition) is 0. The summed E-state index contributed by atoms with van der Waals surface area (Å²) < 4.78 is 15.4. The molecule has 0 spiro atoms. The summed E-state index contributed by atoms with van der Waals surface area (Å²) in [5, 5.41) is 4.21. The van der Waals surface area contributed by atoms with Crippen LogP contribution in [0.3, 0.4) is 0 Å². The van der Waals surface area contributed by atoms with Crippen LogP contribution < -0.4 is 9.54 Å². The normalized spacial score (nSPS) is 12.1. The number of fused-ring (bicyclic) bond motifs is 1. The number of amides is 1. The topological polar surface area (TPSA) is 70.6 Å². The van der Waals surface area contributed by atoms with Gasteiger partial charge in [-0.25, -0.2) is 0 Å². The van der Waals surface area contributed by atoms with Crippen LogP contribution >= 0.6 is 11.3 Å². The Hall–Kier alpha value is -2.45. The Kier molecular flexibility index (Phi) is 5.53. The molecular formula is C18H22N4O3S. The Morgan fingerprint density at radius 3 is 2.85 bits per heavy atom. The highest BCUT2D eigenvalue weighted by Crippen LogP contribution is 2.23. The summed E-state index contributed by atoms with van der Waals surface area (Å²) in [7, 11) is 3.44. The Morgan fingerprint density at radius 2 is 2.19 bits per heavy atom. The molecule has 8 heteroatoms. The molecule has 7 nitrogen and oxygen atoms in total. The first-order chi connectivity index (χ1) is 12.5. The van der Waals surface area contributed by atoms with Gasteiger partial charge >= 0.3 is 0 Å². The minimum Gasteiger partial charge on any atom is -0.494 e. The lowest BCUT2D eigenvalue weighted by atomic mass is 10.3. The van der Waals surface area contributed by atoms with Crippen molar-refractivity contribution in [3.63, 3.8) is 0 Å². The van der Waals surface area contributed by atoms with E-state index in [2.05, 4.69) is 10.1 Å². The summed E-state index contributed by atoms with van der Waals surface area (Å²) in [5.74, 6) is 0.462. The highest BCUT2D eigenvalue weighted by atomic mass is 32.1. The van der Waals surface area contributed by atoms with Crippen molar-refractivity contribution in [3.8, 4) is 5.75 Å². The number of hydrogen-bond acceptors (Lipinski definition) is 5. The number of thiazole rings is 1. The fourth-order valence-electron chi connectivity index (χ4n) is 2.75. The minimum atomic E-state index is -0.342. The maximum Gasteiger partial charge on any atom is 0.300 e. The van der Waals surface area contributed by atoms with Gasteiger partial charge in [-0.1, -0.05) is 11.3 Å². The van der Waals surface area contributed by atoms with E-state index in [4.69, 9.17) is 9.47 Å². The van der Waals surface area contributed by atoms with E-state index in [-0.39, 0.29) is 5.91 Å². The number of aryl methyl sites for hydroxylation is 2. The highest BCUT2D eigenvalue weighted by Gasteiger charge is 2.14. The molecule has 0 unspecified atom stereocenters. The average molecular weight is 374 g/mol. The largest absolute Gasteiger partial charge is 0.494 e. The number of aromatic nitrogens is 3. The molecule has 3 rings (SSSR count). The fraction of sp³-hybridized carbons (Fsp3) is 0.389. The zero-order valence-corrected chi connectivity index (χ0v) is 16.2. The van der Waals surface area contributed by atoms with E-state index in [0.717, 1.165) is 21.5 Å². The van der Waals surface area contributed by atoms with Crippen LogP contribution in [0.2, 0.25) is 0 Å². The Morgan fingerprint density at radius 1 is 1.38 bits per heavy atom. The fourth-order valence-corrected chi connectivity index (χ4v) is 3.84. The van der Waals surface area contributed by atoms with Crippen molar-refractivity contribution < 1.29 is 14.3 Å². The van der Waals surface area contributed by atoms with Crippen LogP contribution in [-0.4, -0.2) is 40.6 Å². The Labute approximate surface area is 155 Å². The Balaban J connectivity index is 2.10. The molecule has 0 aliphatic rings. The van der Waals surface area contributed by atoms with Gasteiger partial charge in [-0.3, -0.25) is 9.48 Å². The summed E-state index contributed by atoms with van der Waals surface area (Å²) >= 11 is 1.46. The predicted molar refractivity (Wildman–Crippen MR) is 101 cm³/mol. The van der Waals surface area contributed by atoms with Crippen molar-refractivity contribution in [1.29, 1.82) is 0 Å². The smallest absolute Gasteiger partial charge is 0.300 e. The molecule has 0 bridgehead atoms. The second kappa shape index (κ2) is 7.84. The maximum absolute atomic E-state index is 12.6. The third-order valence-electron chi connectivity index (χ3n) is 3.90. The van der Waals surface area contributed by atoms with Crippen LogP contribution in [0.15, 0.2) is 29.4 Å². The summed E-state index contributed by atoms with van der Waals surface area (Å²) in [6.07, 6.45) is 1.81. The second-order valence-electron chi connectivity index (χ2n) is 5.84. The van der Waals surface area contributed by atoms with Crippen LogP contribution in [-0.2, 0) is 18.3 Å². The van der Waals surface area contributed by atoms with Gasteiger partial charge in [-0.15, -0.1) is 0 Å². The number of benzene rings is 1. The zero-order valence-electron chi connectivity index (χ0n) is 15.4. The minimum absolute atomic E-state index is 0.342. The molecule has 0 atom stereocenters. The number of carbonyl (C=O) groups is 1. The van der Waals surface area contributed by atoms with Gasteiger partial charge in [-0.2, -0.15) is 10.1 Å². The van der Waals surface area contributed by atoms with Gasteiger partial charge in [0, 0.05) is 32.5 Å². The number of nitrogens with zero attached hydrogens (tertiary/aromatic N) is 4. The summed E-state index contributed by atoms with van der Waals surface area (Å²) in [6.45, 7) is 5.55. The van der Waals surface area contributed by atoms with Gasteiger partial charge in [0.2, 0.25) is 0 Å². The number of rotatable bonds is 6. The van der Waals surface area contributed by atoms with E-state index in [1.807, 2.05) is 36.6 Å². The molecule has 2 heterocycles. The number of methoxy groups -OCH3 is 1. The molecule has 1 amide bonds. The third kappa shape index (κ3) is 3.71. The first-order valence-electron chi connectivity index (χ1n) is 8.38. The van der Waals surface area contributed by atoms with E-state index in [1.54, 1.807) is 25.0 Å². The first-order valence-corrected chi connectivity index (χ1v) is 9.19. The van der Waals surface area contributed by atoms with Crippen molar-refractivity contribution in [3.05, 3.63) is 40.5 Å². The quantitative estimate of drug-likeness (QED) is 0.665. The van der Waals surface area contributed by atoms with Crippen LogP contribution in [0.5, 0.6) is 5.75 Å². The molecule has 3 aromatic rings. The lowest BCUT2D eigenvalue weighted by molar-refractivity contribution is 0.0991. The molecule has 0 aliphatic carbocycles.